The maximum Gasteiger partial charge on any atom is 0.249 e. The minimum Gasteiger partial charge on any atom is -0.450 e. The standard InChI is InChI=1S/C10H8BrN3O2/c11-8-3-1-7(16-8)2-4-10(15)13-9-5-6-12-14-9/h1-6H,(H2,12,13,14,15)/b4-2+. The van der Waals surface area contributed by atoms with E-state index in [1.165, 1.54) is 6.08 Å². The van der Waals surface area contributed by atoms with Crippen molar-refractivity contribution in [3.63, 3.8) is 0 Å². The van der Waals surface area contributed by atoms with E-state index in [1.807, 2.05) is 0 Å². The van der Waals surface area contributed by atoms with Gasteiger partial charge in [-0.2, -0.15) is 5.10 Å². The van der Waals surface area contributed by atoms with Crippen LogP contribution < -0.4 is 5.32 Å². The van der Waals surface area contributed by atoms with Gasteiger partial charge in [0.1, 0.15) is 11.6 Å². The number of rotatable bonds is 3. The fraction of sp³-hybridized carbons (Fsp3) is 0. The van der Waals surface area contributed by atoms with E-state index in [9.17, 15) is 4.79 Å². The van der Waals surface area contributed by atoms with Crippen LogP contribution in [-0.4, -0.2) is 16.1 Å². The van der Waals surface area contributed by atoms with E-state index >= 15 is 0 Å². The number of anilines is 1. The van der Waals surface area contributed by atoms with E-state index in [4.69, 9.17) is 4.42 Å². The van der Waals surface area contributed by atoms with Crippen molar-refractivity contribution in [2.45, 2.75) is 0 Å². The first-order valence-corrected chi connectivity index (χ1v) is 5.27. The first-order valence-electron chi connectivity index (χ1n) is 4.48. The minimum atomic E-state index is -0.253. The first kappa shape index (κ1) is 10.7. The predicted octanol–water partition coefficient (Wildman–Crippen LogP) is 2.42. The molecule has 0 atom stereocenters. The van der Waals surface area contributed by atoms with E-state index in [1.54, 1.807) is 30.5 Å². The topological polar surface area (TPSA) is 70.9 Å². The summed E-state index contributed by atoms with van der Waals surface area (Å²) < 4.78 is 5.82. The Kier molecular flexibility index (Phi) is 3.21. The molecule has 5 nitrogen and oxygen atoms in total. The van der Waals surface area contributed by atoms with Crippen LogP contribution in [0.3, 0.4) is 0 Å². The molecule has 2 aromatic rings. The van der Waals surface area contributed by atoms with Gasteiger partial charge < -0.3 is 9.73 Å². The third kappa shape index (κ3) is 2.83. The Morgan fingerprint density at radius 3 is 3.00 bits per heavy atom. The lowest BCUT2D eigenvalue weighted by molar-refractivity contribution is -0.111. The van der Waals surface area contributed by atoms with E-state index in [0.717, 1.165) is 0 Å². The number of carbonyl (C=O) groups excluding carboxylic acids is 1. The number of furan rings is 1. The molecule has 82 valence electrons. The highest BCUT2D eigenvalue weighted by Crippen LogP contribution is 2.15. The van der Waals surface area contributed by atoms with Gasteiger partial charge in [0.15, 0.2) is 4.67 Å². The average molecular weight is 282 g/mol. The van der Waals surface area contributed by atoms with Crippen LogP contribution in [0.2, 0.25) is 0 Å². The number of hydrogen-bond acceptors (Lipinski definition) is 3. The second kappa shape index (κ2) is 4.80. The number of aromatic nitrogens is 2. The monoisotopic (exact) mass is 281 g/mol. The van der Waals surface area contributed by atoms with Crippen molar-refractivity contribution in [3.05, 3.63) is 40.9 Å². The van der Waals surface area contributed by atoms with Gasteiger partial charge in [-0.3, -0.25) is 9.89 Å². The highest BCUT2D eigenvalue weighted by molar-refractivity contribution is 9.10. The summed E-state index contributed by atoms with van der Waals surface area (Å²) in [7, 11) is 0. The Morgan fingerprint density at radius 2 is 2.38 bits per heavy atom. The molecular weight excluding hydrogens is 274 g/mol. The van der Waals surface area contributed by atoms with Gasteiger partial charge in [0.05, 0.1) is 6.20 Å². The van der Waals surface area contributed by atoms with Crippen molar-refractivity contribution in [2.75, 3.05) is 5.32 Å². The van der Waals surface area contributed by atoms with E-state index in [0.29, 0.717) is 16.2 Å². The Morgan fingerprint density at radius 1 is 1.50 bits per heavy atom. The minimum absolute atomic E-state index is 0.253. The van der Waals surface area contributed by atoms with Gasteiger partial charge in [-0.25, -0.2) is 0 Å². The van der Waals surface area contributed by atoms with Crippen molar-refractivity contribution in [3.8, 4) is 0 Å². The Labute approximate surface area is 99.7 Å². The molecule has 2 rings (SSSR count). The highest BCUT2D eigenvalue weighted by Gasteiger charge is 1.99. The van der Waals surface area contributed by atoms with Gasteiger partial charge in [-0.15, -0.1) is 0 Å². The Bertz CT molecular complexity index is 502. The number of hydrogen-bond donors (Lipinski definition) is 2. The Hall–Kier alpha value is -1.82. The van der Waals surface area contributed by atoms with Crippen LogP contribution in [0.4, 0.5) is 5.82 Å². The zero-order valence-electron chi connectivity index (χ0n) is 8.11. The molecule has 0 unspecified atom stereocenters. The van der Waals surface area contributed by atoms with Crippen molar-refractivity contribution >= 4 is 33.7 Å². The number of nitrogens with one attached hydrogen (secondary N) is 2. The normalized spacial score (nSPS) is 10.8. The molecular formula is C10H8BrN3O2. The third-order valence-electron chi connectivity index (χ3n) is 1.75. The van der Waals surface area contributed by atoms with Crippen molar-refractivity contribution in [2.24, 2.45) is 0 Å². The zero-order valence-corrected chi connectivity index (χ0v) is 9.69. The SMILES string of the molecule is O=C(/C=C/c1ccc(Br)o1)Nc1ccn[nH]1. The lowest BCUT2D eigenvalue weighted by Crippen LogP contribution is -2.07. The first-order chi connectivity index (χ1) is 7.74. The molecule has 2 heterocycles. The van der Waals surface area contributed by atoms with E-state index in [-0.39, 0.29) is 5.91 Å². The summed E-state index contributed by atoms with van der Waals surface area (Å²) in [5, 5.41) is 8.93. The highest BCUT2D eigenvalue weighted by atomic mass is 79.9. The fourth-order valence-corrected chi connectivity index (χ4v) is 1.39. The number of amides is 1. The zero-order chi connectivity index (χ0) is 11.4. The van der Waals surface area contributed by atoms with Gasteiger partial charge in [0.2, 0.25) is 5.91 Å². The predicted molar refractivity (Wildman–Crippen MR) is 62.7 cm³/mol. The van der Waals surface area contributed by atoms with E-state index in [2.05, 4.69) is 31.4 Å². The molecule has 2 N–H and O–H groups in total. The molecule has 1 amide bonds. The maximum atomic E-state index is 11.4. The molecule has 0 aliphatic heterocycles. The summed E-state index contributed by atoms with van der Waals surface area (Å²) in [6.45, 7) is 0. The van der Waals surface area contributed by atoms with Crippen LogP contribution in [0.15, 0.2) is 39.6 Å². The molecule has 2 aromatic heterocycles. The van der Waals surface area contributed by atoms with Crippen LogP contribution in [0, 0.1) is 0 Å². The Balaban J connectivity index is 1.94. The number of aromatic amines is 1. The van der Waals surface area contributed by atoms with Gasteiger partial charge >= 0.3 is 0 Å². The second-order valence-corrected chi connectivity index (χ2v) is 3.72. The largest absolute Gasteiger partial charge is 0.450 e. The second-order valence-electron chi connectivity index (χ2n) is 2.93. The molecule has 0 aliphatic carbocycles. The summed E-state index contributed by atoms with van der Waals surface area (Å²) in [4.78, 5) is 11.4. The fourth-order valence-electron chi connectivity index (χ4n) is 1.08. The molecule has 6 heteroatoms. The number of H-pyrrole nitrogens is 1. The summed E-state index contributed by atoms with van der Waals surface area (Å²) in [5.74, 6) is 0.902. The molecule has 0 aromatic carbocycles. The van der Waals surface area contributed by atoms with Crippen LogP contribution in [0.5, 0.6) is 0 Å². The summed E-state index contributed by atoms with van der Waals surface area (Å²) in [5.41, 5.74) is 0. The van der Waals surface area contributed by atoms with Crippen molar-refractivity contribution < 1.29 is 9.21 Å². The molecule has 0 aliphatic rings. The molecule has 16 heavy (non-hydrogen) atoms. The smallest absolute Gasteiger partial charge is 0.249 e. The van der Waals surface area contributed by atoms with Crippen LogP contribution >= 0.6 is 15.9 Å². The molecule has 0 saturated carbocycles. The van der Waals surface area contributed by atoms with Gasteiger partial charge in [-0.1, -0.05) is 0 Å². The average Bonchev–Trinajstić information content (AvgIpc) is 2.87. The third-order valence-corrected chi connectivity index (χ3v) is 2.18. The van der Waals surface area contributed by atoms with Crippen LogP contribution in [0.25, 0.3) is 6.08 Å². The van der Waals surface area contributed by atoms with Crippen LogP contribution in [0.1, 0.15) is 5.76 Å². The lowest BCUT2D eigenvalue weighted by atomic mass is 10.4. The molecule has 0 radical (unpaired) electrons. The molecule has 0 spiro atoms. The van der Waals surface area contributed by atoms with Crippen molar-refractivity contribution in [1.29, 1.82) is 0 Å². The van der Waals surface area contributed by atoms with Gasteiger partial charge in [0, 0.05) is 12.1 Å². The summed E-state index contributed by atoms with van der Waals surface area (Å²) in [6, 6.07) is 5.17. The number of nitrogens with zero attached hydrogens (tertiary/aromatic N) is 1. The summed E-state index contributed by atoms with van der Waals surface area (Å²) >= 11 is 3.17. The lowest BCUT2D eigenvalue weighted by Gasteiger charge is -1.95. The molecule has 0 bridgehead atoms. The van der Waals surface area contributed by atoms with Crippen molar-refractivity contribution in [1.82, 2.24) is 10.2 Å². The number of halogens is 1. The quantitative estimate of drug-likeness (QED) is 0.849. The molecule has 0 fully saturated rings. The molecule has 0 saturated heterocycles. The van der Waals surface area contributed by atoms with Crippen LogP contribution in [-0.2, 0) is 4.79 Å². The number of carbonyl (C=O) groups is 1. The maximum absolute atomic E-state index is 11.4. The van der Waals surface area contributed by atoms with E-state index < -0.39 is 0 Å². The summed E-state index contributed by atoms with van der Waals surface area (Å²) in [6.07, 6.45) is 4.52. The van der Waals surface area contributed by atoms with Gasteiger partial charge in [-0.05, 0) is 34.1 Å². The van der Waals surface area contributed by atoms with Gasteiger partial charge in [0.25, 0.3) is 0 Å².